The van der Waals surface area contributed by atoms with Crippen molar-refractivity contribution in [3.05, 3.63) is 70.1 Å². The van der Waals surface area contributed by atoms with Gasteiger partial charge in [-0.2, -0.15) is 0 Å². The van der Waals surface area contributed by atoms with Crippen LogP contribution >= 0.6 is 0 Å². The first kappa shape index (κ1) is 15.0. The highest BCUT2D eigenvalue weighted by Crippen LogP contribution is 2.15. The Morgan fingerprint density at radius 2 is 1.96 bits per heavy atom. The maximum Gasteiger partial charge on any atom is 0.253 e. The van der Waals surface area contributed by atoms with E-state index in [2.05, 4.69) is 10.3 Å². The van der Waals surface area contributed by atoms with Crippen LogP contribution in [0.3, 0.4) is 0 Å². The van der Waals surface area contributed by atoms with Crippen LogP contribution in [0, 0.1) is 0 Å². The molecule has 1 unspecified atom stereocenters. The highest BCUT2D eigenvalue weighted by Gasteiger charge is 2.32. The average Bonchev–Trinajstić information content (AvgIpc) is 2.90. The van der Waals surface area contributed by atoms with E-state index in [0.717, 1.165) is 5.56 Å². The second-order valence-corrected chi connectivity index (χ2v) is 5.50. The molecule has 2 aromatic rings. The van der Waals surface area contributed by atoms with Crippen molar-refractivity contribution in [1.29, 1.82) is 0 Å². The maximum atomic E-state index is 12.4. The number of carbonyl (C=O) groups is 2. The number of benzene rings is 1. The second kappa shape index (κ2) is 6.48. The van der Waals surface area contributed by atoms with Gasteiger partial charge in [-0.3, -0.25) is 14.4 Å². The number of rotatable bonds is 4. The fourth-order valence-corrected chi connectivity index (χ4v) is 2.63. The van der Waals surface area contributed by atoms with Gasteiger partial charge in [-0.25, -0.2) is 0 Å². The summed E-state index contributed by atoms with van der Waals surface area (Å²) in [5.74, 6) is -0.437. The van der Waals surface area contributed by atoms with Gasteiger partial charge in [0, 0.05) is 25.4 Å². The van der Waals surface area contributed by atoms with Crippen LogP contribution < -0.4 is 10.9 Å². The first-order chi connectivity index (χ1) is 11.1. The lowest BCUT2D eigenvalue weighted by molar-refractivity contribution is -0.129. The Bertz CT molecular complexity index is 750. The molecule has 3 rings (SSSR count). The Kier molecular flexibility index (Phi) is 4.23. The zero-order valence-electron chi connectivity index (χ0n) is 12.5. The minimum Gasteiger partial charge on any atom is -0.340 e. The van der Waals surface area contributed by atoms with E-state index in [1.807, 2.05) is 30.3 Å². The van der Waals surface area contributed by atoms with Crippen LogP contribution in [0.1, 0.15) is 22.3 Å². The van der Waals surface area contributed by atoms with Crippen LogP contribution in [-0.4, -0.2) is 34.3 Å². The first-order valence-electron chi connectivity index (χ1n) is 7.46. The maximum absolute atomic E-state index is 12.4. The SMILES string of the molecule is O=C(NC1CCN(Cc2ccccc2)C1=O)c1ccc(=O)[nH]c1. The summed E-state index contributed by atoms with van der Waals surface area (Å²) in [6.07, 6.45) is 1.93. The number of pyridine rings is 1. The zero-order chi connectivity index (χ0) is 16.2. The van der Waals surface area contributed by atoms with Crippen LogP contribution in [0.25, 0.3) is 0 Å². The number of hydrogen-bond acceptors (Lipinski definition) is 3. The van der Waals surface area contributed by atoms with Gasteiger partial charge in [0.2, 0.25) is 11.5 Å². The molecule has 6 heteroatoms. The van der Waals surface area contributed by atoms with Gasteiger partial charge in [0.15, 0.2) is 0 Å². The van der Waals surface area contributed by atoms with Crippen molar-refractivity contribution >= 4 is 11.8 Å². The normalized spacial score (nSPS) is 17.3. The van der Waals surface area contributed by atoms with Gasteiger partial charge in [0.25, 0.3) is 5.91 Å². The summed E-state index contributed by atoms with van der Waals surface area (Å²) in [7, 11) is 0. The van der Waals surface area contributed by atoms with E-state index in [1.54, 1.807) is 4.90 Å². The Morgan fingerprint density at radius 1 is 1.17 bits per heavy atom. The molecule has 2 amide bonds. The molecule has 0 aliphatic carbocycles. The fraction of sp³-hybridized carbons (Fsp3) is 0.235. The third-order valence-electron chi connectivity index (χ3n) is 3.87. The predicted octanol–water partition coefficient (Wildman–Crippen LogP) is 0.906. The highest BCUT2D eigenvalue weighted by atomic mass is 16.2. The van der Waals surface area contributed by atoms with Crippen LogP contribution in [-0.2, 0) is 11.3 Å². The van der Waals surface area contributed by atoms with E-state index < -0.39 is 6.04 Å². The van der Waals surface area contributed by atoms with E-state index in [-0.39, 0.29) is 17.4 Å². The minimum absolute atomic E-state index is 0.0772. The summed E-state index contributed by atoms with van der Waals surface area (Å²) in [4.78, 5) is 39.7. The highest BCUT2D eigenvalue weighted by molar-refractivity contribution is 5.97. The van der Waals surface area contributed by atoms with Crippen molar-refractivity contribution in [2.75, 3.05) is 6.54 Å². The van der Waals surface area contributed by atoms with Gasteiger partial charge in [-0.05, 0) is 18.1 Å². The summed E-state index contributed by atoms with van der Waals surface area (Å²) >= 11 is 0. The lowest BCUT2D eigenvalue weighted by Crippen LogP contribution is -2.41. The number of amides is 2. The quantitative estimate of drug-likeness (QED) is 0.880. The minimum atomic E-state index is -0.516. The number of carbonyl (C=O) groups excluding carboxylic acids is 2. The Balaban J connectivity index is 1.61. The molecule has 1 atom stereocenters. The smallest absolute Gasteiger partial charge is 0.253 e. The molecule has 23 heavy (non-hydrogen) atoms. The fourth-order valence-electron chi connectivity index (χ4n) is 2.63. The van der Waals surface area contributed by atoms with Crippen molar-refractivity contribution in [3.8, 4) is 0 Å². The molecule has 6 nitrogen and oxygen atoms in total. The van der Waals surface area contributed by atoms with Gasteiger partial charge >= 0.3 is 0 Å². The summed E-state index contributed by atoms with van der Waals surface area (Å²) < 4.78 is 0. The lowest BCUT2D eigenvalue weighted by Gasteiger charge is -2.17. The standard InChI is InChI=1S/C17H17N3O3/c21-15-7-6-13(10-18-15)16(22)19-14-8-9-20(17(14)23)11-12-4-2-1-3-5-12/h1-7,10,14H,8-9,11H2,(H,18,21)(H,19,22). The van der Waals surface area contributed by atoms with E-state index in [4.69, 9.17) is 0 Å². The molecule has 0 bridgehead atoms. The van der Waals surface area contributed by atoms with Crippen molar-refractivity contribution in [2.24, 2.45) is 0 Å². The summed E-state index contributed by atoms with van der Waals surface area (Å²) in [5, 5.41) is 2.73. The molecule has 118 valence electrons. The molecule has 0 radical (unpaired) electrons. The summed E-state index contributed by atoms with van der Waals surface area (Å²) in [6.45, 7) is 1.16. The second-order valence-electron chi connectivity index (χ2n) is 5.50. The predicted molar refractivity (Wildman–Crippen MR) is 84.8 cm³/mol. The number of likely N-dealkylation sites (tertiary alicyclic amines) is 1. The van der Waals surface area contributed by atoms with E-state index in [0.29, 0.717) is 25.1 Å². The topological polar surface area (TPSA) is 82.3 Å². The van der Waals surface area contributed by atoms with Gasteiger partial charge in [0.1, 0.15) is 6.04 Å². The molecule has 0 spiro atoms. The summed E-state index contributed by atoms with van der Waals surface area (Å²) in [5.41, 5.74) is 1.12. The molecule has 1 aromatic carbocycles. The van der Waals surface area contributed by atoms with E-state index >= 15 is 0 Å². The lowest BCUT2D eigenvalue weighted by atomic mass is 10.2. The number of aromatic nitrogens is 1. The van der Waals surface area contributed by atoms with Crippen molar-refractivity contribution < 1.29 is 9.59 Å². The molecule has 1 fully saturated rings. The molecule has 1 aliphatic rings. The number of nitrogens with one attached hydrogen (secondary N) is 2. The third-order valence-corrected chi connectivity index (χ3v) is 3.87. The van der Waals surface area contributed by atoms with Crippen molar-refractivity contribution in [3.63, 3.8) is 0 Å². The number of nitrogens with zero attached hydrogens (tertiary/aromatic N) is 1. The zero-order valence-corrected chi connectivity index (χ0v) is 12.5. The number of aromatic amines is 1. The number of hydrogen-bond donors (Lipinski definition) is 2. The molecular weight excluding hydrogens is 294 g/mol. The van der Waals surface area contributed by atoms with E-state index in [9.17, 15) is 14.4 Å². The largest absolute Gasteiger partial charge is 0.340 e. The van der Waals surface area contributed by atoms with E-state index in [1.165, 1.54) is 18.3 Å². The van der Waals surface area contributed by atoms with Gasteiger partial charge in [-0.1, -0.05) is 30.3 Å². The van der Waals surface area contributed by atoms with Gasteiger partial charge in [-0.15, -0.1) is 0 Å². The van der Waals surface area contributed by atoms with Crippen molar-refractivity contribution in [2.45, 2.75) is 19.0 Å². The number of H-pyrrole nitrogens is 1. The van der Waals surface area contributed by atoms with Crippen LogP contribution in [0.15, 0.2) is 53.5 Å². The third kappa shape index (κ3) is 3.48. The molecule has 1 aromatic heterocycles. The van der Waals surface area contributed by atoms with Crippen LogP contribution in [0.5, 0.6) is 0 Å². The van der Waals surface area contributed by atoms with Gasteiger partial charge < -0.3 is 15.2 Å². The molecule has 1 aliphatic heterocycles. The molecule has 2 heterocycles. The van der Waals surface area contributed by atoms with Crippen LogP contribution in [0.4, 0.5) is 0 Å². The van der Waals surface area contributed by atoms with Crippen molar-refractivity contribution in [1.82, 2.24) is 15.2 Å². The Morgan fingerprint density at radius 3 is 2.65 bits per heavy atom. The molecular formula is C17H17N3O3. The Hall–Kier alpha value is -2.89. The first-order valence-corrected chi connectivity index (χ1v) is 7.46. The van der Waals surface area contributed by atoms with Crippen LogP contribution in [0.2, 0.25) is 0 Å². The summed E-state index contributed by atoms with van der Waals surface area (Å²) in [6, 6.07) is 12.0. The Labute approximate surface area is 133 Å². The van der Waals surface area contributed by atoms with Gasteiger partial charge in [0.05, 0.1) is 5.56 Å². The molecule has 1 saturated heterocycles. The monoisotopic (exact) mass is 311 g/mol. The molecule has 0 saturated carbocycles. The molecule has 2 N–H and O–H groups in total. The average molecular weight is 311 g/mol.